The molecule has 1 aromatic rings. The van der Waals surface area contributed by atoms with Gasteiger partial charge in [-0.3, -0.25) is 15.0 Å². The van der Waals surface area contributed by atoms with Crippen LogP contribution in [0.5, 0.6) is 5.75 Å². The first-order valence-electron chi connectivity index (χ1n) is 7.96. The first-order valence-corrected chi connectivity index (χ1v) is 7.96. The second-order valence-electron chi connectivity index (χ2n) is 6.09. The Balaban J connectivity index is 1.95. The van der Waals surface area contributed by atoms with E-state index in [4.69, 9.17) is 10.6 Å². The Kier molecular flexibility index (Phi) is 5.60. The Bertz CT molecular complexity index is 560. The lowest BCUT2D eigenvalue weighted by molar-refractivity contribution is -0.141. The predicted octanol–water partition coefficient (Wildman–Crippen LogP) is 1.30. The maximum atomic E-state index is 12.5. The van der Waals surface area contributed by atoms with Gasteiger partial charge in [0.1, 0.15) is 5.75 Å². The quantitative estimate of drug-likeness (QED) is 0.498. The van der Waals surface area contributed by atoms with Crippen LogP contribution >= 0.6 is 0 Å². The van der Waals surface area contributed by atoms with Gasteiger partial charge in [0.15, 0.2) is 6.10 Å². The van der Waals surface area contributed by atoms with Crippen molar-refractivity contribution in [1.29, 1.82) is 0 Å². The number of carbonyl (C=O) groups excluding carboxylic acids is 2. The van der Waals surface area contributed by atoms with Crippen LogP contribution in [0.25, 0.3) is 0 Å². The number of amides is 2. The van der Waals surface area contributed by atoms with Gasteiger partial charge >= 0.3 is 0 Å². The molecule has 1 atom stereocenters. The van der Waals surface area contributed by atoms with Crippen molar-refractivity contribution < 1.29 is 14.3 Å². The molecule has 0 bridgehead atoms. The van der Waals surface area contributed by atoms with Crippen molar-refractivity contribution in [1.82, 2.24) is 10.3 Å². The molecule has 0 saturated carbocycles. The maximum absolute atomic E-state index is 12.5. The van der Waals surface area contributed by atoms with Crippen LogP contribution < -0.4 is 16.0 Å². The highest BCUT2D eigenvalue weighted by molar-refractivity contribution is 5.82. The summed E-state index contributed by atoms with van der Waals surface area (Å²) in [7, 11) is 0. The number of hydrogen-bond acceptors (Lipinski definition) is 4. The summed E-state index contributed by atoms with van der Waals surface area (Å²) >= 11 is 0. The molecule has 0 spiro atoms. The third-order valence-corrected chi connectivity index (χ3v) is 4.37. The summed E-state index contributed by atoms with van der Waals surface area (Å²) in [5, 5.41) is 0. The van der Waals surface area contributed by atoms with Crippen molar-refractivity contribution in [2.45, 2.75) is 39.7 Å². The van der Waals surface area contributed by atoms with E-state index in [1.165, 1.54) is 0 Å². The van der Waals surface area contributed by atoms with Crippen molar-refractivity contribution >= 4 is 11.8 Å². The van der Waals surface area contributed by atoms with Gasteiger partial charge < -0.3 is 9.64 Å². The van der Waals surface area contributed by atoms with E-state index in [1.807, 2.05) is 32.0 Å². The first-order chi connectivity index (χ1) is 10.9. The minimum Gasteiger partial charge on any atom is -0.480 e. The smallest absolute Gasteiger partial charge is 0.263 e. The van der Waals surface area contributed by atoms with Gasteiger partial charge in [0.05, 0.1) is 0 Å². The summed E-state index contributed by atoms with van der Waals surface area (Å²) < 4.78 is 5.90. The number of rotatable bonds is 4. The number of para-hydroxylation sites is 1. The highest BCUT2D eigenvalue weighted by Gasteiger charge is 2.30. The van der Waals surface area contributed by atoms with E-state index < -0.39 is 6.10 Å². The number of hydrogen-bond donors (Lipinski definition) is 2. The Hall–Kier alpha value is -2.08. The van der Waals surface area contributed by atoms with Gasteiger partial charge in [0, 0.05) is 19.0 Å². The third-order valence-electron chi connectivity index (χ3n) is 4.37. The molecule has 23 heavy (non-hydrogen) atoms. The normalized spacial score (nSPS) is 16.8. The van der Waals surface area contributed by atoms with E-state index in [9.17, 15) is 9.59 Å². The van der Waals surface area contributed by atoms with Gasteiger partial charge in [-0.15, -0.1) is 0 Å². The molecule has 1 fully saturated rings. The molecule has 3 N–H and O–H groups in total. The number of likely N-dealkylation sites (tertiary alicyclic amines) is 1. The lowest BCUT2D eigenvalue weighted by Gasteiger charge is -2.33. The minimum atomic E-state index is -0.547. The zero-order valence-corrected chi connectivity index (χ0v) is 14.0. The Labute approximate surface area is 136 Å². The fourth-order valence-corrected chi connectivity index (χ4v) is 2.95. The summed E-state index contributed by atoms with van der Waals surface area (Å²) in [6.45, 7) is 6.81. The second-order valence-corrected chi connectivity index (χ2v) is 6.09. The molecule has 0 radical (unpaired) electrons. The molecule has 1 aliphatic heterocycles. The van der Waals surface area contributed by atoms with E-state index >= 15 is 0 Å². The van der Waals surface area contributed by atoms with Crippen molar-refractivity contribution in [2.75, 3.05) is 13.1 Å². The fourth-order valence-electron chi connectivity index (χ4n) is 2.95. The number of piperidine rings is 1. The molecule has 2 amide bonds. The SMILES string of the molecule is Cc1cccc(C)c1OC(C)C(=O)N1CCC(C(=O)NN)CC1. The van der Waals surface area contributed by atoms with Crippen molar-refractivity contribution in [3.05, 3.63) is 29.3 Å². The maximum Gasteiger partial charge on any atom is 0.263 e. The summed E-state index contributed by atoms with van der Waals surface area (Å²) in [5.74, 6) is 5.62. The highest BCUT2D eigenvalue weighted by Crippen LogP contribution is 2.25. The average molecular weight is 319 g/mol. The summed E-state index contributed by atoms with van der Waals surface area (Å²) in [5.41, 5.74) is 4.21. The molecule has 1 aliphatic rings. The average Bonchev–Trinajstić information content (AvgIpc) is 2.57. The predicted molar refractivity (Wildman–Crippen MR) is 87.6 cm³/mol. The van der Waals surface area contributed by atoms with Gasteiger partial charge in [0.2, 0.25) is 5.91 Å². The molecular formula is C17H25N3O3. The molecule has 1 unspecified atom stereocenters. The summed E-state index contributed by atoms with van der Waals surface area (Å²) in [6.07, 6.45) is 0.713. The molecule has 1 saturated heterocycles. The molecule has 0 aliphatic carbocycles. The Morgan fingerprint density at radius 1 is 1.26 bits per heavy atom. The van der Waals surface area contributed by atoms with E-state index in [0.29, 0.717) is 25.9 Å². The standard InChI is InChI=1S/C17H25N3O3/c1-11-5-4-6-12(2)15(11)23-13(3)17(22)20-9-7-14(8-10-20)16(21)19-18/h4-6,13-14H,7-10,18H2,1-3H3,(H,19,21). The fraction of sp³-hybridized carbons (Fsp3) is 0.529. The number of benzene rings is 1. The topological polar surface area (TPSA) is 84.7 Å². The van der Waals surface area contributed by atoms with Gasteiger partial charge in [-0.2, -0.15) is 0 Å². The molecule has 6 nitrogen and oxygen atoms in total. The monoisotopic (exact) mass is 319 g/mol. The van der Waals surface area contributed by atoms with E-state index in [2.05, 4.69) is 5.43 Å². The third kappa shape index (κ3) is 4.01. The van der Waals surface area contributed by atoms with Crippen molar-refractivity contribution in [3.63, 3.8) is 0 Å². The van der Waals surface area contributed by atoms with Gasteiger partial charge in [-0.25, -0.2) is 5.84 Å². The van der Waals surface area contributed by atoms with Gasteiger partial charge in [0.25, 0.3) is 5.91 Å². The molecule has 1 heterocycles. The van der Waals surface area contributed by atoms with Crippen LogP contribution in [0.4, 0.5) is 0 Å². The molecule has 6 heteroatoms. The van der Waals surface area contributed by atoms with Crippen LogP contribution in [0.3, 0.4) is 0 Å². The number of ether oxygens (including phenoxy) is 1. The summed E-state index contributed by atoms with van der Waals surface area (Å²) in [4.78, 5) is 25.8. The first kappa shape index (κ1) is 17.3. The number of nitrogens with zero attached hydrogens (tertiary/aromatic N) is 1. The van der Waals surface area contributed by atoms with Gasteiger partial charge in [-0.1, -0.05) is 18.2 Å². The molecule has 1 aromatic carbocycles. The van der Waals surface area contributed by atoms with Crippen LogP contribution in [-0.4, -0.2) is 35.9 Å². The number of hydrazine groups is 1. The minimum absolute atomic E-state index is 0.0424. The van der Waals surface area contributed by atoms with Crippen molar-refractivity contribution in [3.8, 4) is 5.75 Å². The number of nitrogens with two attached hydrogens (primary N) is 1. The zero-order valence-electron chi connectivity index (χ0n) is 14.0. The Morgan fingerprint density at radius 3 is 2.35 bits per heavy atom. The van der Waals surface area contributed by atoms with Crippen molar-refractivity contribution in [2.24, 2.45) is 11.8 Å². The van der Waals surface area contributed by atoms with Crippen LogP contribution in [0.15, 0.2) is 18.2 Å². The van der Waals surface area contributed by atoms with E-state index in [-0.39, 0.29) is 17.7 Å². The lowest BCUT2D eigenvalue weighted by atomic mass is 9.96. The van der Waals surface area contributed by atoms with Crippen LogP contribution in [0.1, 0.15) is 30.9 Å². The highest BCUT2D eigenvalue weighted by atomic mass is 16.5. The zero-order chi connectivity index (χ0) is 17.0. The van der Waals surface area contributed by atoms with Crippen LogP contribution in [0.2, 0.25) is 0 Å². The Morgan fingerprint density at radius 2 is 1.83 bits per heavy atom. The van der Waals surface area contributed by atoms with Crippen LogP contribution in [-0.2, 0) is 9.59 Å². The number of aryl methyl sites for hydroxylation is 2. The largest absolute Gasteiger partial charge is 0.480 e. The van der Waals surface area contributed by atoms with Gasteiger partial charge in [-0.05, 0) is 44.7 Å². The lowest BCUT2D eigenvalue weighted by Crippen LogP contribution is -2.48. The van der Waals surface area contributed by atoms with E-state index in [1.54, 1.807) is 11.8 Å². The van der Waals surface area contributed by atoms with E-state index in [0.717, 1.165) is 16.9 Å². The van der Waals surface area contributed by atoms with Crippen LogP contribution in [0, 0.1) is 19.8 Å². The number of nitrogens with one attached hydrogen (secondary N) is 1. The molecule has 0 aromatic heterocycles. The number of carbonyl (C=O) groups is 2. The molecule has 2 rings (SSSR count). The second kappa shape index (κ2) is 7.46. The summed E-state index contributed by atoms with van der Waals surface area (Å²) in [6, 6.07) is 5.91. The molecule has 126 valence electrons. The molecular weight excluding hydrogens is 294 g/mol.